The van der Waals surface area contributed by atoms with Crippen LogP contribution in [0.1, 0.15) is 61.6 Å². The lowest BCUT2D eigenvalue weighted by Crippen LogP contribution is -2.29. The molecule has 0 saturated heterocycles. The number of thiophene rings is 1. The Morgan fingerprint density at radius 3 is 2.60 bits per heavy atom. The summed E-state index contributed by atoms with van der Waals surface area (Å²) in [5, 5.41) is 9.80. The third kappa shape index (κ3) is 5.86. The number of aromatic nitrogens is 3. The van der Waals surface area contributed by atoms with Gasteiger partial charge in [0.2, 0.25) is 0 Å². The first kappa shape index (κ1) is 25.2. The lowest BCUT2D eigenvalue weighted by Gasteiger charge is -2.31. The molecule has 0 atom stereocenters. The molecule has 4 rings (SSSR count). The zero-order valence-electron chi connectivity index (χ0n) is 19.9. The summed E-state index contributed by atoms with van der Waals surface area (Å²) in [6.07, 6.45) is -0.650. The number of nitrogens with one attached hydrogen (secondary N) is 1. The van der Waals surface area contributed by atoms with Crippen molar-refractivity contribution in [2.45, 2.75) is 58.2 Å². The molecular weight excluding hydrogens is 477 g/mol. The van der Waals surface area contributed by atoms with Crippen molar-refractivity contribution < 1.29 is 22.7 Å². The number of alkyl halides is 3. The summed E-state index contributed by atoms with van der Waals surface area (Å²) in [4.78, 5) is 18.0. The molecule has 0 aromatic carbocycles. The Balaban J connectivity index is 1.61. The topological polar surface area (TPSA) is 69.0 Å². The normalized spacial score (nSPS) is 18.6. The van der Waals surface area contributed by atoms with Crippen LogP contribution < -0.4 is 5.32 Å². The van der Waals surface area contributed by atoms with Gasteiger partial charge in [0.05, 0.1) is 19.1 Å². The number of halogens is 3. The van der Waals surface area contributed by atoms with Crippen molar-refractivity contribution in [3.63, 3.8) is 0 Å². The van der Waals surface area contributed by atoms with Crippen LogP contribution in [0.2, 0.25) is 0 Å². The number of methoxy groups -OCH3 is 1. The van der Waals surface area contributed by atoms with Crippen LogP contribution in [0.25, 0.3) is 10.4 Å². The number of rotatable bonds is 7. The largest absolute Gasteiger partial charge is 0.465 e. The highest BCUT2D eigenvalue weighted by Gasteiger charge is 2.42. The molecule has 1 aliphatic rings. The highest BCUT2D eigenvalue weighted by Crippen LogP contribution is 2.41. The molecule has 0 unspecified atom stereocenters. The molecule has 3 aromatic rings. The third-order valence-electron chi connectivity index (χ3n) is 6.28. The second-order valence-electron chi connectivity index (χ2n) is 9.32. The summed E-state index contributed by atoms with van der Waals surface area (Å²) in [6, 6.07) is 7.41. The van der Waals surface area contributed by atoms with E-state index >= 15 is 0 Å². The fourth-order valence-corrected chi connectivity index (χ4v) is 5.27. The van der Waals surface area contributed by atoms with Gasteiger partial charge in [-0.25, -0.2) is 9.78 Å². The predicted molar refractivity (Wildman–Crippen MR) is 130 cm³/mol. The van der Waals surface area contributed by atoms with Crippen LogP contribution in [0.5, 0.6) is 0 Å². The van der Waals surface area contributed by atoms with E-state index in [-0.39, 0.29) is 24.4 Å². The van der Waals surface area contributed by atoms with Crippen LogP contribution in [0, 0.1) is 11.8 Å². The van der Waals surface area contributed by atoms with Gasteiger partial charge in [-0.05, 0) is 55.5 Å². The van der Waals surface area contributed by atoms with E-state index < -0.39 is 18.1 Å². The molecule has 1 fully saturated rings. The van der Waals surface area contributed by atoms with Crippen LogP contribution >= 0.6 is 11.3 Å². The molecule has 0 radical (unpaired) electrons. The first-order chi connectivity index (χ1) is 16.7. The van der Waals surface area contributed by atoms with Gasteiger partial charge < -0.3 is 10.1 Å². The number of carbonyl (C=O) groups is 1. The Morgan fingerprint density at radius 1 is 1.26 bits per heavy atom. The minimum Gasteiger partial charge on any atom is -0.465 e. The van der Waals surface area contributed by atoms with Crippen molar-refractivity contribution in [3.05, 3.63) is 47.1 Å². The van der Waals surface area contributed by atoms with E-state index in [1.54, 1.807) is 23.6 Å². The molecule has 10 heteroatoms. The molecule has 3 aromatic heterocycles. The molecule has 0 bridgehead atoms. The fourth-order valence-electron chi connectivity index (χ4n) is 4.56. The second-order valence-corrected chi connectivity index (χ2v) is 10.3. The van der Waals surface area contributed by atoms with Crippen molar-refractivity contribution in [1.29, 1.82) is 0 Å². The maximum absolute atomic E-state index is 13.1. The molecule has 1 N–H and O–H groups in total. The molecule has 0 spiro atoms. The minimum absolute atomic E-state index is 0.0906. The van der Waals surface area contributed by atoms with Crippen molar-refractivity contribution in [2.75, 3.05) is 12.4 Å². The Labute approximate surface area is 206 Å². The van der Waals surface area contributed by atoms with Gasteiger partial charge in [0.15, 0.2) is 5.82 Å². The van der Waals surface area contributed by atoms with E-state index in [1.807, 2.05) is 28.3 Å². The van der Waals surface area contributed by atoms with E-state index in [0.717, 1.165) is 22.6 Å². The van der Waals surface area contributed by atoms with Gasteiger partial charge >= 0.3 is 12.1 Å². The van der Waals surface area contributed by atoms with Crippen molar-refractivity contribution in [3.8, 4) is 10.4 Å². The van der Waals surface area contributed by atoms with Crippen LogP contribution in [-0.4, -0.2) is 34.0 Å². The molecule has 0 amide bonds. The molecule has 1 aliphatic carbocycles. The highest BCUT2D eigenvalue weighted by atomic mass is 32.1. The zero-order valence-corrected chi connectivity index (χ0v) is 20.7. The summed E-state index contributed by atoms with van der Waals surface area (Å²) in [6.45, 7) is 4.18. The van der Waals surface area contributed by atoms with Gasteiger partial charge in [-0.3, -0.25) is 4.68 Å². The van der Waals surface area contributed by atoms with Gasteiger partial charge in [0.1, 0.15) is 11.4 Å². The maximum atomic E-state index is 13.1. The molecule has 0 aliphatic heterocycles. The smallest absolute Gasteiger partial charge is 0.391 e. The van der Waals surface area contributed by atoms with Gasteiger partial charge in [0.25, 0.3) is 0 Å². The van der Waals surface area contributed by atoms with Crippen LogP contribution in [0.3, 0.4) is 0 Å². The van der Waals surface area contributed by atoms with E-state index in [9.17, 15) is 18.0 Å². The predicted octanol–water partition coefficient (Wildman–Crippen LogP) is 7.03. The van der Waals surface area contributed by atoms with Crippen molar-refractivity contribution in [2.24, 2.45) is 11.8 Å². The molecule has 188 valence electrons. The molecule has 35 heavy (non-hydrogen) atoms. The standard InChI is InChI=1S/C25H29F3N4O2S/c1-15(2)11-19-13-22(31-32(19)18-8-6-17(7-9-18)25(26,27)28)30-23-20(24(33)34-3)12-16(14-29-23)21-5-4-10-35-21/h4-5,10,12-15,17-18H,6-9,11H2,1-3H3,(H,29,30,31). The maximum Gasteiger partial charge on any atom is 0.391 e. The minimum atomic E-state index is -4.15. The number of hydrogen-bond donors (Lipinski definition) is 1. The van der Waals surface area contributed by atoms with E-state index in [1.165, 1.54) is 7.11 Å². The number of ether oxygens (including phenoxy) is 1. The molecule has 3 heterocycles. The number of esters is 1. The number of carbonyl (C=O) groups excluding carboxylic acids is 1. The SMILES string of the molecule is COC(=O)c1cc(-c2cccs2)cnc1Nc1cc(CC(C)C)n(C2CCC(C(F)(F)F)CC2)n1. The van der Waals surface area contributed by atoms with E-state index in [4.69, 9.17) is 9.84 Å². The Bertz CT molecular complexity index is 1150. The molecular formula is C25H29F3N4O2S. The molecule has 1 saturated carbocycles. The number of pyridine rings is 1. The number of hydrogen-bond acceptors (Lipinski definition) is 6. The highest BCUT2D eigenvalue weighted by molar-refractivity contribution is 7.13. The van der Waals surface area contributed by atoms with Gasteiger partial charge in [-0.1, -0.05) is 19.9 Å². The summed E-state index contributed by atoms with van der Waals surface area (Å²) in [7, 11) is 1.32. The first-order valence-corrected chi connectivity index (χ1v) is 12.6. The Hall–Kier alpha value is -2.88. The zero-order chi connectivity index (χ0) is 25.2. The van der Waals surface area contributed by atoms with Crippen LogP contribution in [-0.2, 0) is 11.2 Å². The average Bonchev–Trinajstić information content (AvgIpc) is 3.48. The van der Waals surface area contributed by atoms with Crippen molar-refractivity contribution in [1.82, 2.24) is 14.8 Å². The summed E-state index contributed by atoms with van der Waals surface area (Å²) in [5.74, 6) is -0.600. The second kappa shape index (κ2) is 10.4. The lowest BCUT2D eigenvalue weighted by molar-refractivity contribution is -0.183. The fraction of sp³-hybridized carbons (Fsp3) is 0.480. The van der Waals surface area contributed by atoms with Crippen molar-refractivity contribution >= 4 is 28.9 Å². The quantitative estimate of drug-likeness (QED) is 0.349. The van der Waals surface area contributed by atoms with Crippen LogP contribution in [0.15, 0.2) is 35.8 Å². The third-order valence-corrected chi connectivity index (χ3v) is 7.20. The Kier molecular flexibility index (Phi) is 7.49. The lowest BCUT2D eigenvalue weighted by atomic mass is 9.85. The first-order valence-electron chi connectivity index (χ1n) is 11.7. The molecule has 6 nitrogen and oxygen atoms in total. The summed E-state index contributed by atoms with van der Waals surface area (Å²) >= 11 is 1.54. The van der Waals surface area contributed by atoms with Gasteiger partial charge in [-0.15, -0.1) is 11.3 Å². The van der Waals surface area contributed by atoms with E-state index in [2.05, 4.69) is 24.1 Å². The Morgan fingerprint density at radius 2 is 2.00 bits per heavy atom. The monoisotopic (exact) mass is 506 g/mol. The summed E-state index contributed by atoms with van der Waals surface area (Å²) < 4.78 is 46.3. The summed E-state index contributed by atoms with van der Waals surface area (Å²) in [5.41, 5.74) is 2.04. The van der Waals surface area contributed by atoms with E-state index in [0.29, 0.717) is 30.4 Å². The number of nitrogens with zero attached hydrogens (tertiary/aromatic N) is 3. The van der Waals surface area contributed by atoms with Crippen LogP contribution in [0.4, 0.5) is 24.8 Å². The van der Waals surface area contributed by atoms with Gasteiger partial charge in [0, 0.05) is 28.4 Å². The van der Waals surface area contributed by atoms with Gasteiger partial charge in [-0.2, -0.15) is 18.3 Å². The number of anilines is 2. The average molecular weight is 507 g/mol.